The number of nitrogens with one attached hydrogen (secondary N) is 1. The second-order valence-electron chi connectivity index (χ2n) is 5.29. The molecule has 1 N–H and O–H groups in total. The molecular formula is C15H20ClFN2O. The third-order valence-corrected chi connectivity index (χ3v) is 4.12. The molecule has 1 heterocycles. The normalized spacial score (nSPS) is 19.2. The van der Waals surface area contributed by atoms with Gasteiger partial charge in [0.15, 0.2) is 0 Å². The van der Waals surface area contributed by atoms with Crippen LogP contribution in [0.15, 0.2) is 12.1 Å². The molecule has 1 aliphatic rings. The maximum absolute atomic E-state index is 13.7. The van der Waals surface area contributed by atoms with E-state index in [2.05, 4.69) is 5.32 Å². The van der Waals surface area contributed by atoms with Crippen LogP contribution >= 0.6 is 11.6 Å². The van der Waals surface area contributed by atoms with E-state index >= 15 is 0 Å². The van der Waals surface area contributed by atoms with Crippen LogP contribution in [0.5, 0.6) is 0 Å². The molecule has 0 saturated carbocycles. The molecule has 3 nitrogen and oxygen atoms in total. The average molecular weight is 299 g/mol. The van der Waals surface area contributed by atoms with E-state index in [1.807, 2.05) is 11.9 Å². The zero-order valence-electron chi connectivity index (χ0n) is 11.9. The first-order valence-electron chi connectivity index (χ1n) is 6.95. The molecule has 2 rings (SSSR count). The standard InChI is InChI=1S/C15H20ClFN2O/c1-10-7-13(16)12(8-14(10)17)15(20)19-6-4-3-5-11(19)9-18-2/h7-8,11,18H,3-6,9H2,1-2H3. The van der Waals surface area contributed by atoms with Crippen molar-refractivity contribution in [2.24, 2.45) is 0 Å². The van der Waals surface area contributed by atoms with Gasteiger partial charge in [-0.15, -0.1) is 0 Å². The smallest absolute Gasteiger partial charge is 0.255 e. The molecule has 1 atom stereocenters. The Balaban J connectivity index is 2.27. The third-order valence-electron chi connectivity index (χ3n) is 3.81. The second kappa shape index (κ2) is 6.55. The quantitative estimate of drug-likeness (QED) is 0.930. The molecule has 1 saturated heterocycles. The molecule has 1 amide bonds. The van der Waals surface area contributed by atoms with Gasteiger partial charge in [-0.1, -0.05) is 11.6 Å². The number of nitrogens with zero attached hydrogens (tertiary/aromatic N) is 1. The van der Waals surface area contributed by atoms with Crippen molar-refractivity contribution >= 4 is 17.5 Å². The van der Waals surface area contributed by atoms with Crippen LogP contribution in [0.2, 0.25) is 5.02 Å². The van der Waals surface area contributed by atoms with E-state index in [-0.39, 0.29) is 23.3 Å². The Hall–Kier alpha value is -1.13. The molecule has 1 aromatic carbocycles. The van der Waals surface area contributed by atoms with E-state index in [0.717, 1.165) is 25.8 Å². The van der Waals surface area contributed by atoms with E-state index in [1.165, 1.54) is 12.1 Å². The zero-order valence-corrected chi connectivity index (χ0v) is 12.6. The van der Waals surface area contributed by atoms with Crippen LogP contribution in [0.25, 0.3) is 0 Å². The van der Waals surface area contributed by atoms with Crippen molar-refractivity contribution in [3.05, 3.63) is 34.1 Å². The van der Waals surface area contributed by atoms with Crippen LogP contribution in [0, 0.1) is 12.7 Å². The maximum Gasteiger partial charge on any atom is 0.255 e. The molecule has 20 heavy (non-hydrogen) atoms. The molecule has 0 bridgehead atoms. The molecule has 1 aliphatic heterocycles. The van der Waals surface area contributed by atoms with Crippen LogP contribution in [0.4, 0.5) is 4.39 Å². The van der Waals surface area contributed by atoms with Gasteiger partial charge in [0.1, 0.15) is 5.82 Å². The molecule has 1 fully saturated rings. The summed E-state index contributed by atoms with van der Waals surface area (Å²) in [5, 5.41) is 3.43. The number of likely N-dealkylation sites (tertiary alicyclic amines) is 1. The molecule has 5 heteroatoms. The summed E-state index contributed by atoms with van der Waals surface area (Å²) in [7, 11) is 1.87. The van der Waals surface area contributed by atoms with Crippen molar-refractivity contribution in [3.63, 3.8) is 0 Å². The van der Waals surface area contributed by atoms with Gasteiger partial charge in [0.2, 0.25) is 0 Å². The molecule has 110 valence electrons. The summed E-state index contributed by atoms with van der Waals surface area (Å²) in [5.74, 6) is -0.561. The summed E-state index contributed by atoms with van der Waals surface area (Å²) in [5.41, 5.74) is 0.717. The number of halogens is 2. The largest absolute Gasteiger partial charge is 0.334 e. The molecule has 0 spiro atoms. The lowest BCUT2D eigenvalue weighted by Crippen LogP contribution is -2.48. The Bertz CT molecular complexity index is 505. The highest BCUT2D eigenvalue weighted by atomic mass is 35.5. The van der Waals surface area contributed by atoms with E-state index in [1.54, 1.807) is 6.92 Å². The van der Waals surface area contributed by atoms with Gasteiger partial charge in [-0.3, -0.25) is 4.79 Å². The summed E-state index contributed by atoms with van der Waals surface area (Å²) in [6.07, 6.45) is 3.07. The Kier molecular flexibility index (Phi) is 5.00. The number of piperidine rings is 1. The fourth-order valence-corrected chi connectivity index (χ4v) is 2.98. The summed E-state index contributed by atoms with van der Waals surface area (Å²) in [6.45, 7) is 3.09. The first-order valence-corrected chi connectivity index (χ1v) is 7.33. The van der Waals surface area contributed by atoms with Crippen molar-refractivity contribution in [2.45, 2.75) is 32.2 Å². The molecule has 0 aromatic heterocycles. The highest BCUT2D eigenvalue weighted by molar-refractivity contribution is 6.33. The Morgan fingerprint density at radius 2 is 2.25 bits per heavy atom. The van der Waals surface area contributed by atoms with Crippen LogP contribution in [0.1, 0.15) is 35.2 Å². The van der Waals surface area contributed by atoms with Gasteiger partial charge >= 0.3 is 0 Å². The second-order valence-corrected chi connectivity index (χ2v) is 5.69. The van der Waals surface area contributed by atoms with Gasteiger partial charge in [0.05, 0.1) is 10.6 Å². The molecule has 0 radical (unpaired) electrons. The third kappa shape index (κ3) is 3.13. The maximum atomic E-state index is 13.7. The molecule has 1 unspecified atom stereocenters. The van der Waals surface area contributed by atoms with Crippen molar-refractivity contribution in [3.8, 4) is 0 Å². The van der Waals surface area contributed by atoms with Crippen molar-refractivity contribution < 1.29 is 9.18 Å². The summed E-state index contributed by atoms with van der Waals surface area (Å²) in [6, 6.07) is 2.92. The van der Waals surface area contributed by atoms with Gasteiger partial charge in [0, 0.05) is 19.1 Å². The van der Waals surface area contributed by atoms with Gasteiger partial charge in [0.25, 0.3) is 5.91 Å². The van der Waals surface area contributed by atoms with E-state index in [0.29, 0.717) is 17.1 Å². The number of carbonyl (C=O) groups is 1. The minimum Gasteiger partial charge on any atom is -0.334 e. The summed E-state index contributed by atoms with van der Waals surface area (Å²) >= 11 is 6.11. The van der Waals surface area contributed by atoms with Crippen molar-refractivity contribution in [1.82, 2.24) is 10.2 Å². The highest BCUT2D eigenvalue weighted by Gasteiger charge is 2.28. The van der Waals surface area contributed by atoms with Crippen LogP contribution in [-0.2, 0) is 0 Å². The monoisotopic (exact) mass is 298 g/mol. The number of aryl methyl sites for hydroxylation is 1. The number of rotatable bonds is 3. The Labute approximate surface area is 124 Å². The summed E-state index contributed by atoms with van der Waals surface area (Å²) < 4.78 is 13.7. The number of benzene rings is 1. The number of carbonyl (C=O) groups excluding carboxylic acids is 1. The van der Waals surface area contributed by atoms with Crippen molar-refractivity contribution in [1.29, 1.82) is 0 Å². The summed E-state index contributed by atoms with van der Waals surface area (Å²) in [4.78, 5) is 14.4. The predicted molar refractivity (Wildman–Crippen MR) is 78.7 cm³/mol. The lowest BCUT2D eigenvalue weighted by atomic mass is 10.0. The minimum atomic E-state index is -0.389. The zero-order chi connectivity index (χ0) is 14.7. The Morgan fingerprint density at radius 1 is 1.50 bits per heavy atom. The topological polar surface area (TPSA) is 32.3 Å². The number of hydrogen-bond acceptors (Lipinski definition) is 2. The van der Waals surface area contributed by atoms with Gasteiger partial charge in [-0.25, -0.2) is 4.39 Å². The van der Waals surface area contributed by atoms with E-state index in [4.69, 9.17) is 11.6 Å². The van der Waals surface area contributed by atoms with Gasteiger partial charge in [-0.2, -0.15) is 0 Å². The Morgan fingerprint density at radius 3 is 2.95 bits per heavy atom. The number of hydrogen-bond donors (Lipinski definition) is 1. The number of likely N-dealkylation sites (N-methyl/N-ethyl adjacent to an activating group) is 1. The molecular weight excluding hydrogens is 279 g/mol. The van der Waals surface area contributed by atoms with Gasteiger partial charge in [-0.05, 0) is 50.9 Å². The predicted octanol–water partition coefficient (Wildman–Crippen LogP) is 3.00. The van der Waals surface area contributed by atoms with E-state index in [9.17, 15) is 9.18 Å². The first kappa shape index (κ1) is 15.3. The first-order chi connectivity index (χ1) is 9.54. The van der Waals surface area contributed by atoms with Crippen molar-refractivity contribution in [2.75, 3.05) is 20.1 Å². The molecule has 1 aromatic rings. The fourth-order valence-electron chi connectivity index (χ4n) is 2.68. The minimum absolute atomic E-state index is 0.154. The van der Waals surface area contributed by atoms with Crippen LogP contribution in [-0.4, -0.2) is 37.0 Å². The SMILES string of the molecule is CNCC1CCCCN1C(=O)c1cc(F)c(C)cc1Cl. The lowest BCUT2D eigenvalue weighted by Gasteiger charge is -2.36. The van der Waals surface area contributed by atoms with Crippen LogP contribution < -0.4 is 5.32 Å². The average Bonchev–Trinajstić information content (AvgIpc) is 2.43. The highest BCUT2D eigenvalue weighted by Crippen LogP contribution is 2.25. The van der Waals surface area contributed by atoms with Gasteiger partial charge < -0.3 is 10.2 Å². The fraction of sp³-hybridized carbons (Fsp3) is 0.533. The van der Waals surface area contributed by atoms with E-state index < -0.39 is 0 Å². The number of amides is 1. The lowest BCUT2D eigenvalue weighted by molar-refractivity contribution is 0.0614. The molecule has 0 aliphatic carbocycles. The van der Waals surface area contributed by atoms with Crippen LogP contribution in [0.3, 0.4) is 0 Å².